The molecule has 2 saturated carbocycles. The highest BCUT2D eigenvalue weighted by Crippen LogP contribution is 2.66. The highest BCUT2D eigenvalue weighted by molar-refractivity contribution is 5.87. The normalized spacial score (nSPS) is 29.0. The number of nitrogens with zero attached hydrogens (tertiary/aromatic N) is 1. The first-order valence-corrected chi connectivity index (χ1v) is 8.15. The van der Waals surface area contributed by atoms with Gasteiger partial charge in [0.1, 0.15) is 11.5 Å². The van der Waals surface area contributed by atoms with Crippen LogP contribution in [-0.4, -0.2) is 26.3 Å². The predicted molar refractivity (Wildman–Crippen MR) is 88.8 cm³/mol. The van der Waals surface area contributed by atoms with Crippen LogP contribution in [0, 0.1) is 17.3 Å². The standard InChI is InChI=1S/C18H24N2O3/c1-18-9-5-4-6-14(18)16(18)17(21)20-19-11-12-10-13(22-2)7-8-15(12)23-3/h7-8,10-11,14,16H,4-6,9H2,1-3H3,(H,20,21). The van der Waals surface area contributed by atoms with Gasteiger partial charge >= 0.3 is 0 Å². The topological polar surface area (TPSA) is 59.9 Å². The fraction of sp³-hybridized carbons (Fsp3) is 0.556. The van der Waals surface area contributed by atoms with Gasteiger partial charge in [-0.05, 0) is 42.4 Å². The summed E-state index contributed by atoms with van der Waals surface area (Å²) in [5, 5.41) is 4.12. The minimum Gasteiger partial charge on any atom is -0.497 e. The van der Waals surface area contributed by atoms with Crippen LogP contribution in [0.1, 0.15) is 38.2 Å². The van der Waals surface area contributed by atoms with E-state index in [0.717, 1.165) is 17.7 Å². The maximum atomic E-state index is 12.4. The van der Waals surface area contributed by atoms with E-state index in [2.05, 4.69) is 17.5 Å². The fourth-order valence-electron chi connectivity index (χ4n) is 4.03. The highest BCUT2D eigenvalue weighted by Gasteiger charge is 2.64. The number of nitrogens with one attached hydrogen (secondary N) is 1. The van der Waals surface area contributed by atoms with Crippen molar-refractivity contribution < 1.29 is 14.3 Å². The molecule has 0 heterocycles. The van der Waals surface area contributed by atoms with E-state index in [-0.39, 0.29) is 17.2 Å². The Labute approximate surface area is 137 Å². The molecule has 1 amide bonds. The van der Waals surface area contributed by atoms with Gasteiger partial charge in [-0.2, -0.15) is 5.10 Å². The molecule has 2 aliphatic carbocycles. The molecular formula is C18H24N2O3. The summed E-state index contributed by atoms with van der Waals surface area (Å²) in [6.07, 6.45) is 6.41. The van der Waals surface area contributed by atoms with Gasteiger partial charge in [0.05, 0.1) is 20.4 Å². The molecule has 0 aliphatic heterocycles. The molecule has 124 valence electrons. The molecule has 3 atom stereocenters. The lowest BCUT2D eigenvalue weighted by atomic mass is 9.90. The van der Waals surface area contributed by atoms with Gasteiger partial charge < -0.3 is 9.47 Å². The maximum absolute atomic E-state index is 12.4. The van der Waals surface area contributed by atoms with Crippen molar-refractivity contribution in [2.45, 2.75) is 32.6 Å². The predicted octanol–water partition coefficient (Wildman–Crippen LogP) is 2.98. The van der Waals surface area contributed by atoms with Crippen LogP contribution in [0.3, 0.4) is 0 Å². The number of fused-ring (bicyclic) bond motifs is 1. The van der Waals surface area contributed by atoms with E-state index in [4.69, 9.17) is 9.47 Å². The number of hydrazone groups is 1. The monoisotopic (exact) mass is 316 g/mol. The van der Waals surface area contributed by atoms with E-state index in [1.54, 1.807) is 20.4 Å². The van der Waals surface area contributed by atoms with Crippen molar-refractivity contribution in [3.63, 3.8) is 0 Å². The third-order valence-corrected chi connectivity index (χ3v) is 5.43. The first-order chi connectivity index (χ1) is 11.1. The molecule has 0 radical (unpaired) electrons. The molecule has 3 unspecified atom stereocenters. The summed E-state index contributed by atoms with van der Waals surface area (Å²) in [4.78, 5) is 12.4. The smallest absolute Gasteiger partial charge is 0.244 e. The first kappa shape index (κ1) is 15.8. The molecule has 1 aromatic carbocycles. The lowest BCUT2D eigenvalue weighted by Gasteiger charge is -2.15. The second kappa shape index (κ2) is 6.22. The van der Waals surface area contributed by atoms with Gasteiger partial charge in [0, 0.05) is 11.5 Å². The molecule has 1 aromatic rings. The average molecular weight is 316 g/mol. The molecule has 2 aliphatic rings. The Hall–Kier alpha value is -2.04. The summed E-state index contributed by atoms with van der Waals surface area (Å²) in [6, 6.07) is 5.47. The van der Waals surface area contributed by atoms with Crippen molar-refractivity contribution in [3.05, 3.63) is 23.8 Å². The Morgan fingerprint density at radius 3 is 2.83 bits per heavy atom. The minimum absolute atomic E-state index is 0.0394. The summed E-state index contributed by atoms with van der Waals surface area (Å²) < 4.78 is 10.5. The van der Waals surface area contributed by atoms with Crippen LogP contribution in [0.4, 0.5) is 0 Å². The second-order valence-electron chi connectivity index (χ2n) is 6.68. The molecule has 2 fully saturated rings. The largest absolute Gasteiger partial charge is 0.497 e. The average Bonchev–Trinajstić information content (AvgIpc) is 3.20. The van der Waals surface area contributed by atoms with Crippen molar-refractivity contribution in [2.24, 2.45) is 22.4 Å². The maximum Gasteiger partial charge on any atom is 0.244 e. The van der Waals surface area contributed by atoms with Crippen molar-refractivity contribution in [1.82, 2.24) is 5.43 Å². The summed E-state index contributed by atoms with van der Waals surface area (Å²) in [7, 11) is 3.22. The van der Waals surface area contributed by atoms with Crippen LogP contribution in [0.25, 0.3) is 0 Å². The van der Waals surface area contributed by atoms with E-state index in [9.17, 15) is 4.79 Å². The number of ether oxygens (including phenoxy) is 2. The van der Waals surface area contributed by atoms with Crippen LogP contribution >= 0.6 is 0 Å². The lowest BCUT2D eigenvalue weighted by Crippen LogP contribution is -2.22. The molecule has 23 heavy (non-hydrogen) atoms. The summed E-state index contributed by atoms with van der Waals surface area (Å²) in [5.74, 6) is 2.11. The minimum atomic E-state index is 0.0394. The zero-order valence-corrected chi connectivity index (χ0v) is 14.0. The van der Waals surface area contributed by atoms with Crippen molar-refractivity contribution >= 4 is 12.1 Å². The molecule has 5 heteroatoms. The van der Waals surface area contributed by atoms with Crippen molar-refractivity contribution in [3.8, 4) is 11.5 Å². The van der Waals surface area contributed by atoms with Gasteiger partial charge in [0.15, 0.2) is 0 Å². The van der Waals surface area contributed by atoms with Gasteiger partial charge in [0.25, 0.3) is 0 Å². The van der Waals surface area contributed by atoms with Crippen LogP contribution in [-0.2, 0) is 4.79 Å². The number of hydrogen-bond donors (Lipinski definition) is 1. The van der Waals surface area contributed by atoms with E-state index in [1.165, 1.54) is 19.3 Å². The quantitative estimate of drug-likeness (QED) is 0.671. The summed E-state index contributed by atoms with van der Waals surface area (Å²) in [6.45, 7) is 2.23. The molecule has 5 nitrogen and oxygen atoms in total. The SMILES string of the molecule is COc1ccc(OC)c(C=NNC(=O)C2C3CCCCC32C)c1. The number of amides is 1. The number of carbonyl (C=O) groups excluding carboxylic acids is 1. The molecule has 0 spiro atoms. The fourth-order valence-corrected chi connectivity index (χ4v) is 4.03. The van der Waals surface area contributed by atoms with Crippen LogP contribution in [0.15, 0.2) is 23.3 Å². The molecule has 0 saturated heterocycles. The van der Waals surface area contributed by atoms with Gasteiger partial charge in [-0.15, -0.1) is 0 Å². The number of carbonyl (C=O) groups is 1. The third-order valence-electron chi connectivity index (χ3n) is 5.43. The lowest BCUT2D eigenvalue weighted by molar-refractivity contribution is -0.123. The molecular weight excluding hydrogens is 292 g/mol. The van der Waals surface area contributed by atoms with Crippen LogP contribution in [0.5, 0.6) is 11.5 Å². The zero-order valence-electron chi connectivity index (χ0n) is 14.0. The van der Waals surface area contributed by atoms with Gasteiger partial charge in [-0.1, -0.05) is 19.8 Å². The Morgan fingerprint density at radius 1 is 1.35 bits per heavy atom. The van der Waals surface area contributed by atoms with Gasteiger partial charge in [0.2, 0.25) is 5.91 Å². The Bertz CT molecular complexity index is 629. The number of rotatable bonds is 5. The van der Waals surface area contributed by atoms with Crippen LogP contribution < -0.4 is 14.9 Å². The highest BCUT2D eigenvalue weighted by atomic mass is 16.5. The van der Waals surface area contributed by atoms with Gasteiger partial charge in [-0.3, -0.25) is 4.79 Å². The van der Waals surface area contributed by atoms with Crippen molar-refractivity contribution in [2.75, 3.05) is 14.2 Å². The second-order valence-corrected chi connectivity index (χ2v) is 6.68. The number of benzene rings is 1. The molecule has 1 N–H and O–H groups in total. The molecule has 3 rings (SSSR count). The summed E-state index contributed by atoms with van der Waals surface area (Å²) >= 11 is 0. The van der Waals surface area contributed by atoms with E-state index in [1.807, 2.05) is 18.2 Å². The molecule has 0 bridgehead atoms. The van der Waals surface area contributed by atoms with Gasteiger partial charge in [-0.25, -0.2) is 5.43 Å². The number of hydrogen-bond acceptors (Lipinski definition) is 4. The third kappa shape index (κ3) is 2.92. The Morgan fingerprint density at radius 2 is 2.17 bits per heavy atom. The van der Waals surface area contributed by atoms with E-state index >= 15 is 0 Å². The van der Waals surface area contributed by atoms with E-state index in [0.29, 0.717) is 11.7 Å². The Kier molecular flexibility index (Phi) is 4.28. The van der Waals surface area contributed by atoms with Crippen LogP contribution in [0.2, 0.25) is 0 Å². The first-order valence-electron chi connectivity index (χ1n) is 8.15. The Balaban J connectivity index is 1.64. The summed E-state index contributed by atoms with van der Waals surface area (Å²) in [5.41, 5.74) is 3.67. The van der Waals surface area contributed by atoms with E-state index < -0.39 is 0 Å². The number of methoxy groups -OCH3 is 2. The molecule has 0 aromatic heterocycles. The zero-order chi connectivity index (χ0) is 16.4. The van der Waals surface area contributed by atoms with Crippen molar-refractivity contribution in [1.29, 1.82) is 0 Å².